The molecule has 33 heteroatoms. The molecule has 0 spiro atoms. The normalized spacial score (nSPS) is 32.8. The number of H-pyrrole nitrogens is 1. The van der Waals surface area contributed by atoms with Crippen molar-refractivity contribution in [3.05, 3.63) is 78.6 Å². The molecular weight excluding hydrogens is 881 g/mol. The summed E-state index contributed by atoms with van der Waals surface area (Å²) in [6.45, 7) is -3.05. The van der Waals surface area contributed by atoms with Crippen LogP contribution in [0.5, 0.6) is 0 Å². The number of aromatic nitrogens is 6. The van der Waals surface area contributed by atoms with Crippen LogP contribution in [0.4, 0.5) is 11.6 Å². The first-order valence-corrected chi connectivity index (χ1v) is 21.1. The van der Waals surface area contributed by atoms with Crippen molar-refractivity contribution in [2.75, 3.05) is 31.3 Å². The average molecular weight is 918 g/mol. The largest absolute Gasteiger partial charge is 0.694 e. The number of aromatic amines is 1. The highest BCUT2D eigenvalue weighted by molar-refractivity contribution is 7.47. The standard InChI is InChI=1S/C27H35N8O22P3/c28-13-1-4-33(25(41)30-13)22-17(38)16(37)10(53-22)8-51-59(46,47)57-21-12(55-24(19(21)40)35-6-3-15(36)32-27(35)43)9-52-60(48,49)56-20-11(7-50-58(44)45)54-23(18(20)39)34-5-2-14(29)31-26(34)42/h1-6,10-12,16-24,37-40H,7-9H2,(H7-,28,29,30,31,32,36,41,42,43,44,45,46,47,48,49)/p+1/t10-,11-,12-,16-,17-,18-,19-,20-,21-,22-,23-,24-/m1/s1. The van der Waals surface area contributed by atoms with Crippen molar-refractivity contribution in [1.29, 1.82) is 0 Å². The summed E-state index contributed by atoms with van der Waals surface area (Å²) in [5.41, 5.74) is 6.93. The lowest BCUT2D eigenvalue weighted by atomic mass is 10.1. The van der Waals surface area contributed by atoms with E-state index in [1.165, 1.54) is 6.07 Å². The van der Waals surface area contributed by atoms with E-state index in [0.29, 0.717) is 4.57 Å². The number of phosphoric acid groups is 2. The zero-order chi connectivity index (χ0) is 43.8. The molecular formula is C27H36N8O22P3+. The molecule has 30 nitrogen and oxygen atoms in total. The highest BCUT2D eigenvalue weighted by atomic mass is 31.2. The molecule has 60 heavy (non-hydrogen) atoms. The third-order valence-corrected chi connectivity index (χ3v) is 11.3. The lowest BCUT2D eigenvalue weighted by molar-refractivity contribution is -0.0638. The van der Waals surface area contributed by atoms with E-state index in [-0.39, 0.29) is 11.6 Å². The minimum absolute atomic E-state index is 0.160. The highest BCUT2D eigenvalue weighted by Crippen LogP contribution is 2.52. The van der Waals surface area contributed by atoms with Crippen LogP contribution in [0.3, 0.4) is 0 Å². The molecule has 15 atom stereocenters. The molecule has 6 rings (SSSR count). The maximum Gasteiger partial charge on any atom is 0.694 e. The molecule has 6 heterocycles. The number of hydrogen-bond donors (Lipinski definition) is 10. The van der Waals surface area contributed by atoms with Crippen LogP contribution in [-0.2, 0) is 50.5 Å². The van der Waals surface area contributed by atoms with E-state index < -0.39 is 140 Å². The van der Waals surface area contributed by atoms with E-state index >= 15 is 0 Å². The summed E-state index contributed by atoms with van der Waals surface area (Å²) in [4.78, 5) is 88.5. The smallest absolute Gasteiger partial charge is 0.387 e. The van der Waals surface area contributed by atoms with Crippen LogP contribution in [0.15, 0.2) is 56.0 Å². The van der Waals surface area contributed by atoms with Gasteiger partial charge in [-0.05, 0) is 12.1 Å². The van der Waals surface area contributed by atoms with E-state index in [4.69, 9.17) is 48.7 Å². The second kappa shape index (κ2) is 18.2. The van der Waals surface area contributed by atoms with Gasteiger partial charge in [-0.15, -0.1) is 9.42 Å². The predicted octanol–water partition coefficient (Wildman–Crippen LogP) is -4.98. The zero-order valence-corrected chi connectivity index (χ0v) is 32.7. The van der Waals surface area contributed by atoms with Gasteiger partial charge in [0.15, 0.2) is 18.7 Å². The molecule has 12 N–H and O–H groups in total. The topological polar surface area (TPSA) is 443 Å². The molecule has 3 aromatic rings. The molecule has 0 saturated carbocycles. The summed E-state index contributed by atoms with van der Waals surface area (Å²) in [5, 5.41) is 43.3. The lowest BCUT2D eigenvalue weighted by Crippen LogP contribution is -2.39. The third kappa shape index (κ3) is 10.2. The Kier molecular flexibility index (Phi) is 13.8. The first-order chi connectivity index (χ1) is 28.1. The number of anilines is 2. The zero-order valence-electron chi connectivity index (χ0n) is 30.0. The van der Waals surface area contributed by atoms with Gasteiger partial charge in [-0.1, -0.05) is 0 Å². The first-order valence-electron chi connectivity index (χ1n) is 16.9. The molecule has 330 valence electrons. The van der Waals surface area contributed by atoms with E-state index in [2.05, 4.69) is 14.5 Å². The second-order valence-corrected chi connectivity index (χ2v) is 16.5. The number of phosphoric ester groups is 2. The second-order valence-electron chi connectivity index (χ2n) is 13.0. The quantitative estimate of drug-likeness (QED) is 0.0602. The van der Waals surface area contributed by atoms with Crippen molar-refractivity contribution in [2.24, 2.45) is 0 Å². The van der Waals surface area contributed by atoms with Crippen molar-refractivity contribution in [2.45, 2.75) is 73.6 Å². The summed E-state index contributed by atoms with van der Waals surface area (Å²) in [7, 11) is -14.2. The number of hydrogen-bond acceptors (Lipinski definition) is 23. The Morgan fingerprint density at radius 1 is 0.683 bits per heavy atom. The molecule has 3 aliphatic heterocycles. The van der Waals surface area contributed by atoms with E-state index in [1.807, 2.05) is 4.98 Å². The van der Waals surface area contributed by atoms with Crippen LogP contribution in [0.2, 0.25) is 0 Å². The molecule has 3 aromatic heterocycles. The fourth-order valence-electron chi connectivity index (χ4n) is 6.23. The van der Waals surface area contributed by atoms with Crippen molar-refractivity contribution in [3.63, 3.8) is 0 Å². The van der Waals surface area contributed by atoms with E-state index in [1.54, 1.807) is 0 Å². The fraction of sp³-hybridized carbons (Fsp3) is 0.556. The van der Waals surface area contributed by atoms with Crippen LogP contribution in [0, 0.1) is 0 Å². The Bertz CT molecular complexity index is 2400. The van der Waals surface area contributed by atoms with Crippen molar-refractivity contribution >= 4 is 35.5 Å². The number of aliphatic hydroxyl groups excluding tert-OH is 4. The molecule has 0 radical (unpaired) electrons. The molecule has 3 saturated heterocycles. The molecule has 0 aliphatic carbocycles. The third-order valence-electron chi connectivity index (χ3n) is 9.00. The Hall–Kier alpha value is -4.00. The number of rotatable bonds is 16. The number of nitrogens with zero attached hydrogens (tertiary/aromatic N) is 5. The van der Waals surface area contributed by atoms with Crippen LogP contribution in [0.25, 0.3) is 0 Å². The molecule has 0 aromatic carbocycles. The summed E-state index contributed by atoms with van der Waals surface area (Å²) >= 11 is 0. The monoisotopic (exact) mass is 917 g/mol. The van der Waals surface area contributed by atoms with Gasteiger partial charge in [0.25, 0.3) is 5.56 Å². The molecule has 3 fully saturated rings. The van der Waals surface area contributed by atoms with Gasteiger partial charge in [-0.25, -0.2) is 23.5 Å². The Morgan fingerprint density at radius 2 is 1.12 bits per heavy atom. The first kappa shape index (κ1) is 45.5. The van der Waals surface area contributed by atoms with Crippen LogP contribution in [-0.4, -0.2) is 139 Å². The van der Waals surface area contributed by atoms with Crippen molar-refractivity contribution in [1.82, 2.24) is 28.7 Å². The summed E-state index contributed by atoms with van der Waals surface area (Å²) < 4.78 is 81.4. The highest BCUT2D eigenvalue weighted by Gasteiger charge is 2.53. The van der Waals surface area contributed by atoms with Gasteiger partial charge >= 0.3 is 41.0 Å². The number of nitrogens with two attached hydrogens (primary N) is 2. The Labute approximate surface area is 333 Å². The summed E-state index contributed by atoms with van der Waals surface area (Å²) in [6, 6.07) is 3.19. The number of nitrogens with one attached hydrogen (secondary N) is 1. The summed E-state index contributed by atoms with van der Waals surface area (Å²) in [5.74, 6) is -0.366. The van der Waals surface area contributed by atoms with Crippen molar-refractivity contribution < 1.29 is 85.6 Å². The SMILES string of the molecule is Nc1ccn([C@@H]2O[C@H](COP(=O)(O)O[C@H]3[C@@H](O)[C@H](n4ccc(=O)[nH]c4=O)O[C@@H]3COP(=O)(O)O[C@H]3[C@@H](O)[C@H](n4ccc(N)nc4=O)O[C@@H]3CO[P+](=O)O)[C@@H](O)[C@H]2O)c(=O)n1. The Balaban J connectivity index is 1.18. The van der Waals surface area contributed by atoms with E-state index in [9.17, 15) is 63.1 Å². The lowest BCUT2D eigenvalue weighted by Gasteiger charge is -2.25. The van der Waals surface area contributed by atoms with Gasteiger partial charge in [0.05, 0.1) is 13.2 Å². The van der Waals surface area contributed by atoms with Crippen LogP contribution < -0.4 is 34.1 Å². The van der Waals surface area contributed by atoms with Crippen LogP contribution >= 0.6 is 23.9 Å². The maximum atomic E-state index is 13.3. The molecule has 0 amide bonds. The van der Waals surface area contributed by atoms with Gasteiger partial charge in [-0.2, -0.15) is 9.97 Å². The fourth-order valence-corrected chi connectivity index (χ4v) is 8.43. The predicted molar refractivity (Wildman–Crippen MR) is 190 cm³/mol. The number of nitrogen functional groups attached to an aromatic ring is 2. The minimum Gasteiger partial charge on any atom is -0.387 e. The molecule has 0 bridgehead atoms. The van der Waals surface area contributed by atoms with Gasteiger partial charge in [0.2, 0.25) is 0 Å². The Morgan fingerprint density at radius 3 is 1.60 bits per heavy atom. The summed E-state index contributed by atoms with van der Waals surface area (Å²) in [6.07, 6.45) is -19.0. The van der Waals surface area contributed by atoms with Gasteiger partial charge in [0.1, 0.15) is 73.2 Å². The minimum atomic E-state index is -5.49. The molecule has 3 aliphatic rings. The van der Waals surface area contributed by atoms with Crippen LogP contribution in [0.1, 0.15) is 18.7 Å². The van der Waals surface area contributed by atoms with Crippen molar-refractivity contribution in [3.8, 4) is 0 Å². The number of ether oxygens (including phenoxy) is 3. The van der Waals surface area contributed by atoms with Gasteiger partial charge in [0, 0.05) is 29.2 Å². The van der Waals surface area contributed by atoms with Gasteiger partial charge in [-0.3, -0.25) is 41.6 Å². The molecule has 3 unspecified atom stereocenters. The average Bonchev–Trinajstić information content (AvgIpc) is 3.74. The maximum absolute atomic E-state index is 13.3. The number of aliphatic hydroxyl groups is 4. The van der Waals surface area contributed by atoms with E-state index in [0.717, 1.165) is 39.9 Å². The van der Waals surface area contributed by atoms with Gasteiger partial charge < -0.3 is 55.9 Å².